The highest BCUT2D eigenvalue weighted by atomic mass is 16.7. The van der Waals surface area contributed by atoms with Crippen LogP contribution in [-0.2, 0) is 19.1 Å². The average Bonchev–Trinajstić information content (AvgIpc) is 3.34. The lowest BCUT2D eigenvalue weighted by Crippen LogP contribution is -2.62. The minimum atomic E-state index is -0.765. The maximum atomic E-state index is 13.8. The van der Waals surface area contributed by atoms with Gasteiger partial charge in [0.2, 0.25) is 0 Å². The van der Waals surface area contributed by atoms with E-state index in [1.807, 2.05) is 0 Å². The highest BCUT2D eigenvalue weighted by molar-refractivity contribution is 5.87. The first kappa shape index (κ1) is 22.8. The Labute approximate surface area is 191 Å². The minimum absolute atomic E-state index is 0.0362. The van der Waals surface area contributed by atoms with Crippen LogP contribution in [0.4, 0.5) is 0 Å². The third kappa shape index (κ3) is 3.23. The zero-order valence-corrected chi connectivity index (χ0v) is 19.8. The molecule has 0 aromatic carbocycles. The number of ketones is 1. The summed E-state index contributed by atoms with van der Waals surface area (Å²) in [6.45, 7) is 7.93. The summed E-state index contributed by atoms with van der Waals surface area (Å²) in [7, 11) is 0. The summed E-state index contributed by atoms with van der Waals surface area (Å²) < 4.78 is 12.0. The normalized spacial score (nSPS) is 48.2. The van der Waals surface area contributed by atoms with E-state index in [0.717, 1.165) is 38.5 Å². The number of aliphatic hydroxyl groups excluding tert-OH is 1. The van der Waals surface area contributed by atoms with Crippen molar-refractivity contribution in [3.8, 4) is 0 Å². The Bertz CT molecular complexity index is 774. The molecule has 5 rings (SSSR count). The van der Waals surface area contributed by atoms with Crippen LogP contribution in [-0.4, -0.2) is 47.1 Å². The smallest absolute Gasteiger partial charge is 0.303 e. The standard InChI is InChI=1S/C26H40O6/c1-15(4-7-22(29)30)17-5-6-18-23-19(13-21(28)25(17,18)3)24(2)8-9-26(31-10-11-32-26)14-16(24)12-20(23)27/h15-20,23,27H,4-14H2,1-3H3,(H,29,30)/t15-,16+,17+,18?,19?,20+,23?,24-,25+/m0/s1. The lowest BCUT2D eigenvalue weighted by Gasteiger charge is -2.62. The predicted molar refractivity (Wildman–Crippen MR) is 118 cm³/mol. The van der Waals surface area contributed by atoms with E-state index >= 15 is 0 Å². The molecule has 0 aromatic heterocycles. The molecule has 1 saturated heterocycles. The van der Waals surface area contributed by atoms with E-state index in [0.29, 0.717) is 37.8 Å². The van der Waals surface area contributed by atoms with Crippen LogP contribution < -0.4 is 0 Å². The monoisotopic (exact) mass is 448 g/mol. The van der Waals surface area contributed by atoms with Crippen molar-refractivity contribution in [1.82, 2.24) is 0 Å². The number of carbonyl (C=O) groups is 2. The van der Waals surface area contributed by atoms with Crippen LogP contribution in [0, 0.1) is 46.3 Å². The molecular formula is C26H40O6. The van der Waals surface area contributed by atoms with Crippen LogP contribution in [0.1, 0.15) is 78.6 Å². The molecule has 0 aromatic rings. The molecule has 3 unspecified atom stereocenters. The molecule has 0 bridgehead atoms. The number of hydrogen-bond acceptors (Lipinski definition) is 5. The Balaban J connectivity index is 1.40. The van der Waals surface area contributed by atoms with Gasteiger partial charge < -0.3 is 19.7 Å². The Morgan fingerprint density at radius 3 is 2.56 bits per heavy atom. The number of hydrogen-bond donors (Lipinski definition) is 2. The van der Waals surface area contributed by atoms with E-state index in [9.17, 15) is 14.7 Å². The molecule has 32 heavy (non-hydrogen) atoms. The fourth-order valence-electron chi connectivity index (χ4n) is 9.14. The Morgan fingerprint density at radius 1 is 1.16 bits per heavy atom. The fourth-order valence-corrected chi connectivity index (χ4v) is 9.14. The summed E-state index contributed by atoms with van der Waals surface area (Å²) in [5, 5.41) is 20.6. The number of carboxylic acids is 1. The first-order valence-corrected chi connectivity index (χ1v) is 12.8. The summed E-state index contributed by atoms with van der Waals surface area (Å²) in [5.74, 6) is 0.438. The maximum absolute atomic E-state index is 13.8. The molecule has 1 heterocycles. The lowest BCUT2D eigenvalue weighted by molar-refractivity contribution is -0.240. The van der Waals surface area contributed by atoms with Gasteiger partial charge >= 0.3 is 5.97 Å². The van der Waals surface area contributed by atoms with E-state index in [-0.39, 0.29) is 47.5 Å². The molecule has 5 aliphatic rings. The van der Waals surface area contributed by atoms with Crippen molar-refractivity contribution in [2.75, 3.05) is 13.2 Å². The van der Waals surface area contributed by atoms with Crippen molar-refractivity contribution in [3.63, 3.8) is 0 Å². The van der Waals surface area contributed by atoms with Gasteiger partial charge in [0, 0.05) is 31.1 Å². The van der Waals surface area contributed by atoms with Crippen LogP contribution in [0.2, 0.25) is 0 Å². The van der Waals surface area contributed by atoms with Gasteiger partial charge in [0.15, 0.2) is 5.79 Å². The van der Waals surface area contributed by atoms with Gasteiger partial charge in [-0.1, -0.05) is 20.8 Å². The minimum Gasteiger partial charge on any atom is -0.481 e. The van der Waals surface area contributed by atoms with Crippen molar-refractivity contribution in [1.29, 1.82) is 0 Å². The lowest BCUT2D eigenvalue weighted by atomic mass is 9.43. The molecule has 0 amide bonds. The third-order valence-electron chi connectivity index (χ3n) is 10.9. The molecular weight excluding hydrogens is 408 g/mol. The van der Waals surface area contributed by atoms with Crippen molar-refractivity contribution in [2.45, 2.75) is 90.4 Å². The van der Waals surface area contributed by atoms with Crippen LogP contribution in [0.15, 0.2) is 0 Å². The number of ether oxygens (including phenoxy) is 2. The van der Waals surface area contributed by atoms with Gasteiger partial charge in [0.25, 0.3) is 0 Å². The molecule has 0 radical (unpaired) electrons. The van der Waals surface area contributed by atoms with E-state index in [2.05, 4.69) is 20.8 Å². The van der Waals surface area contributed by atoms with E-state index in [4.69, 9.17) is 14.6 Å². The predicted octanol–water partition coefficient (Wildman–Crippen LogP) is 4.04. The number of carboxylic acid groups (broad SMARTS) is 1. The topological polar surface area (TPSA) is 93.1 Å². The number of aliphatic carboxylic acids is 1. The molecule has 4 aliphatic carbocycles. The second-order valence-corrected chi connectivity index (χ2v) is 12.1. The molecule has 180 valence electrons. The second-order valence-electron chi connectivity index (χ2n) is 12.1. The Kier molecular flexibility index (Phi) is 5.54. The third-order valence-corrected chi connectivity index (χ3v) is 10.9. The van der Waals surface area contributed by atoms with E-state index in [1.54, 1.807) is 0 Å². The molecule has 4 saturated carbocycles. The van der Waals surface area contributed by atoms with Crippen molar-refractivity contribution >= 4 is 11.8 Å². The molecule has 5 fully saturated rings. The van der Waals surface area contributed by atoms with Gasteiger partial charge in [0.05, 0.1) is 19.3 Å². The first-order chi connectivity index (χ1) is 15.1. The molecule has 1 spiro atoms. The maximum Gasteiger partial charge on any atom is 0.303 e. The number of Topliss-reactive ketones (excluding diaryl/α,β-unsaturated/α-hetero) is 1. The van der Waals surface area contributed by atoms with Crippen LogP contribution in [0.3, 0.4) is 0 Å². The number of carbonyl (C=O) groups excluding carboxylic acids is 1. The number of aliphatic hydroxyl groups is 1. The zero-order chi connectivity index (χ0) is 22.9. The quantitative estimate of drug-likeness (QED) is 0.674. The molecule has 2 N–H and O–H groups in total. The molecule has 6 nitrogen and oxygen atoms in total. The summed E-state index contributed by atoms with van der Waals surface area (Å²) in [4.78, 5) is 25.0. The number of fused-ring (bicyclic) bond motifs is 5. The Morgan fingerprint density at radius 2 is 1.88 bits per heavy atom. The SMILES string of the molecule is C[C@@H](CCC(=O)O)[C@H]1CCC2C3C(CC(=O)[C@@]21C)[C@@]1(C)CCC2(C[C@H]1C[C@H]3O)OCCO2. The van der Waals surface area contributed by atoms with Crippen LogP contribution in [0.25, 0.3) is 0 Å². The van der Waals surface area contributed by atoms with E-state index in [1.165, 1.54) is 0 Å². The van der Waals surface area contributed by atoms with Crippen molar-refractivity contribution in [2.24, 2.45) is 46.3 Å². The van der Waals surface area contributed by atoms with Gasteiger partial charge in [-0.15, -0.1) is 0 Å². The Hall–Kier alpha value is -0.980. The van der Waals surface area contributed by atoms with Gasteiger partial charge in [0.1, 0.15) is 5.78 Å². The van der Waals surface area contributed by atoms with E-state index < -0.39 is 17.2 Å². The summed E-state index contributed by atoms with van der Waals surface area (Å²) in [5.41, 5.74) is -0.398. The highest BCUT2D eigenvalue weighted by Crippen LogP contribution is 2.68. The summed E-state index contributed by atoms with van der Waals surface area (Å²) >= 11 is 0. The number of rotatable bonds is 4. The second kappa shape index (κ2) is 7.78. The average molecular weight is 449 g/mol. The van der Waals surface area contributed by atoms with Gasteiger partial charge in [-0.05, 0) is 73.0 Å². The fraction of sp³-hybridized carbons (Fsp3) is 0.923. The van der Waals surface area contributed by atoms with Gasteiger partial charge in [-0.2, -0.15) is 0 Å². The van der Waals surface area contributed by atoms with Crippen LogP contribution >= 0.6 is 0 Å². The highest BCUT2D eigenvalue weighted by Gasteiger charge is 2.67. The molecule has 6 heteroatoms. The molecule has 1 aliphatic heterocycles. The zero-order valence-electron chi connectivity index (χ0n) is 19.8. The van der Waals surface area contributed by atoms with Gasteiger partial charge in [-0.25, -0.2) is 0 Å². The van der Waals surface area contributed by atoms with Gasteiger partial charge in [-0.3, -0.25) is 9.59 Å². The van der Waals surface area contributed by atoms with Crippen molar-refractivity contribution < 1.29 is 29.3 Å². The van der Waals surface area contributed by atoms with Crippen molar-refractivity contribution in [3.05, 3.63) is 0 Å². The first-order valence-electron chi connectivity index (χ1n) is 12.8. The summed E-state index contributed by atoms with van der Waals surface area (Å²) in [6, 6.07) is 0. The largest absolute Gasteiger partial charge is 0.481 e. The molecule has 9 atom stereocenters. The summed E-state index contributed by atoms with van der Waals surface area (Å²) in [6.07, 6.45) is 6.35. The van der Waals surface area contributed by atoms with Crippen LogP contribution in [0.5, 0.6) is 0 Å².